The summed E-state index contributed by atoms with van der Waals surface area (Å²) in [6.07, 6.45) is 3.84. The predicted octanol–water partition coefficient (Wildman–Crippen LogP) is 4.12. The van der Waals surface area contributed by atoms with E-state index in [-0.39, 0.29) is 11.1 Å². The Morgan fingerprint density at radius 1 is 0.667 bits per heavy atom. The third-order valence-corrected chi connectivity index (χ3v) is 4.24. The largest absolute Gasteiger partial charge is 0.192 e. The summed E-state index contributed by atoms with van der Waals surface area (Å²) in [5.41, 5.74) is 6.66. The van der Waals surface area contributed by atoms with Gasteiger partial charge in [-0.25, -0.2) is 0 Å². The molecule has 4 heteroatoms. The molecule has 0 fully saturated rings. The molecular weight excluding hydrogens is 296 g/mol. The molecule has 0 unspecified atom stereocenters. The number of nitriles is 4. The highest BCUT2D eigenvalue weighted by Crippen LogP contribution is 2.44. The van der Waals surface area contributed by atoms with Crippen LogP contribution in [0.2, 0.25) is 0 Å². The first kappa shape index (κ1) is 15.1. The Labute approximate surface area is 139 Å². The first-order chi connectivity index (χ1) is 11.5. The Bertz CT molecular complexity index is 973. The Balaban J connectivity index is 2.34. The second kappa shape index (κ2) is 5.40. The Morgan fingerprint density at radius 2 is 1.00 bits per heavy atom. The molecule has 4 nitrogen and oxygen atoms in total. The molecule has 0 amide bonds. The highest BCUT2D eigenvalue weighted by atomic mass is 14.3. The molecule has 0 heterocycles. The van der Waals surface area contributed by atoms with Crippen molar-refractivity contribution >= 4 is 23.3 Å². The minimum Gasteiger partial charge on any atom is -0.192 e. The van der Waals surface area contributed by atoms with Crippen molar-refractivity contribution in [2.24, 2.45) is 0 Å². The molecule has 0 N–H and O–H groups in total. The van der Waals surface area contributed by atoms with E-state index in [1.54, 1.807) is 0 Å². The van der Waals surface area contributed by atoms with Gasteiger partial charge in [-0.15, -0.1) is 0 Å². The highest BCUT2D eigenvalue weighted by Gasteiger charge is 2.26. The van der Waals surface area contributed by atoms with E-state index in [0.29, 0.717) is 11.1 Å². The van der Waals surface area contributed by atoms with Crippen LogP contribution in [0, 0.1) is 45.3 Å². The van der Waals surface area contributed by atoms with Gasteiger partial charge >= 0.3 is 0 Å². The first-order valence-corrected chi connectivity index (χ1v) is 7.20. The Morgan fingerprint density at radius 3 is 1.29 bits per heavy atom. The summed E-state index contributed by atoms with van der Waals surface area (Å²) < 4.78 is 0. The molecule has 0 aliphatic heterocycles. The fraction of sp³-hybridized carbons (Fsp3) is 0.100. The fourth-order valence-electron chi connectivity index (χ4n) is 3.28. The lowest BCUT2D eigenvalue weighted by molar-refractivity contribution is 1.44. The van der Waals surface area contributed by atoms with Gasteiger partial charge in [-0.05, 0) is 59.4 Å². The number of rotatable bonds is 0. The molecule has 2 aliphatic carbocycles. The van der Waals surface area contributed by atoms with Gasteiger partial charge < -0.3 is 0 Å². The molecule has 1 aromatic rings. The highest BCUT2D eigenvalue weighted by molar-refractivity contribution is 6.03. The second-order valence-electron chi connectivity index (χ2n) is 5.63. The molecule has 0 aromatic heterocycles. The predicted molar refractivity (Wildman–Crippen MR) is 90.0 cm³/mol. The van der Waals surface area contributed by atoms with Crippen LogP contribution >= 0.6 is 0 Å². The molecule has 0 saturated carbocycles. The van der Waals surface area contributed by atoms with Crippen molar-refractivity contribution in [2.45, 2.75) is 13.8 Å². The summed E-state index contributed by atoms with van der Waals surface area (Å²) in [5.74, 6) is 0. The molecule has 0 bridgehead atoms. The zero-order valence-electron chi connectivity index (χ0n) is 13.1. The Hall–Kier alpha value is -3.86. The molecule has 1 aromatic carbocycles. The maximum absolute atomic E-state index is 9.19. The average molecular weight is 306 g/mol. The monoisotopic (exact) mass is 306 g/mol. The van der Waals surface area contributed by atoms with Gasteiger partial charge in [0.05, 0.1) is 0 Å². The molecule has 0 radical (unpaired) electrons. The van der Waals surface area contributed by atoms with Gasteiger partial charge in [-0.3, -0.25) is 0 Å². The van der Waals surface area contributed by atoms with Gasteiger partial charge in [0.1, 0.15) is 35.4 Å². The summed E-state index contributed by atoms with van der Waals surface area (Å²) >= 11 is 0. The number of nitrogens with zero attached hydrogens (tertiary/aromatic N) is 4. The molecule has 0 spiro atoms. The number of fused-ring (bicyclic) bond motifs is 2. The van der Waals surface area contributed by atoms with Crippen LogP contribution < -0.4 is 0 Å². The third-order valence-electron chi connectivity index (χ3n) is 4.24. The third kappa shape index (κ3) is 1.96. The van der Waals surface area contributed by atoms with Gasteiger partial charge in [-0.2, -0.15) is 21.0 Å². The van der Waals surface area contributed by atoms with Gasteiger partial charge in [-0.1, -0.05) is 12.2 Å². The quantitative estimate of drug-likeness (QED) is 0.673. The smallest absolute Gasteiger partial charge is 0.137 e. The van der Waals surface area contributed by atoms with E-state index < -0.39 is 0 Å². The van der Waals surface area contributed by atoms with Crippen molar-refractivity contribution in [3.05, 3.63) is 56.7 Å². The van der Waals surface area contributed by atoms with Gasteiger partial charge in [0.15, 0.2) is 0 Å². The minimum absolute atomic E-state index is 0.0895. The molecule has 0 saturated heterocycles. The molecule has 24 heavy (non-hydrogen) atoms. The lowest BCUT2D eigenvalue weighted by Gasteiger charge is -2.09. The van der Waals surface area contributed by atoms with Crippen LogP contribution in [0.5, 0.6) is 0 Å². The van der Waals surface area contributed by atoms with Crippen molar-refractivity contribution in [3.8, 4) is 24.3 Å². The molecular formula is C20H10N4. The zero-order valence-corrected chi connectivity index (χ0v) is 13.1. The number of benzene rings is 1. The number of hydrogen-bond acceptors (Lipinski definition) is 4. The molecule has 110 valence electrons. The summed E-state index contributed by atoms with van der Waals surface area (Å²) in [6, 6.07) is 11.7. The zero-order chi connectivity index (χ0) is 17.4. The maximum atomic E-state index is 9.19. The standard InChI is InChI=1S/C20H10N4/c1-11-3-13-5-18-14(4-12(2)20(18)16(9-23)10-24)6-17(13)19(11)15(7-21)8-22/h3-6H,1-2H3. The number of allylic oxidation sites excluding steroid dienone is 6. The van der Waals surface area contributed by atoms with E-state index >= 15 is 0 Å². The van der Waals surface area contributed by atoms with Crippen LogP contribution in [0.3, 0.4) is 0 Å². The summed E-state index contributed by atoms with van der Waals surface area (Å²) in [6.45, 7) is 3.73. The lowest BCUT2D eigenvalue weighted by Crippen LogP contribution is -1.93. The lowest BCUT2D eigenvalue weighted by atomic mass is 9.93. The molecule has 3 rings (SSSR count). The first-order valence-electron chi connectivity index (χ1n) is 7.20. The van der Waals surface area contributed by atoms with E-state index in [2.05, 4.69) is 0 Å². The van der Waals surface area contributed by atoms with Crippen molar-refractivity contribution in [1.82, 2.24) is 0 Å². The van der Waals surface area contributed by atoms with Crippen LogP contribution in [0.4, 0.5) is 0 Å². The van der Waals surface area contributed by atoms with Gasteiger partial charge in [0, 0.05) is 11.1 Å². The van der Waals surface area contributed by atoms with Crippen LogP contribution in [-0.4, -0.2) is 0 Å². The summed E-state index contributed by atoms with van der Waals surface area (Å²) in [4.78, 5) is 0. The van der Waals surface area contributed by atoms with Crippen molar-refractivity contribution in [2.75, 3.05) is 0 Å². The van der Waals surface area contributed by atoms with Crippen LogP contribution in [0.15, 0.2) is 34.4 Å². The van der Waals surface area contributed by atoms with E-state index in [4.69, 9.17) is 0 Å². The van der Waals surface area contributed by atoms with E-state index in [1.807, 2.05) is 62.4 Å². The van der Waals surface area contributed by atoms with Crippen molar-refractivity contribution in [3.63, 3.8) is 0 Å². The Kier molecular flexibility index (Phi) is 3.39. The van der Waals surface area contributed by atoms with E-state index in [0.717, 1.165) is 33.4 Å². The van der Waals surface area contributed by atoms with E-state index in [1.165, 1.54) is 0 Å². The van der Waals surface area contributed by atoms with E-state index in [9.17, 15) is 21.0 Å². The normalized spacial score (nSPS) is 13.6. The second-order valence-corrected chi connectivity index (χ2v) is 5.63. The van der Waals surface area contributed by atoms with Crippen molar-refractivity contribution < 1.29 is 0 Å². The minimum atomic E-state index is 0.0895. The summed E-state index contributed by atoms with van der Waals surface area (Å²) in [5, 5.41) is 36.8. The van der Waals surface area contributed by atoms with Crippen LogP contribution in [0.25, 0.3) is 23.3 Å². The SMILES string of the molecule is CC1=Cc2cc3c(cc2C1=C(C#N)C#N)C=C(C)C3=C(C#N)C#N. The van der Waals surface area contributed by atoms with Gasteiger partial charge in [0.25, 0.3) is 0 Å². The molecule has 0 atom stereocenters. The van der Waals surface area contributed by atoms with Crippen LogP contribution in [-0.2, 0) is 0 Å². The number of hydrogen-bond donors (Lipinski definition) is 0. The summed E-state index contributed by atoms with van der Waals surface area (Å²) in [7, 11) is 0. The molecule has 2 aliphatic rings. The topological polar surface area (TPSA) is 95.2 Å². The average Bonchev–Trinajstić information content (AvgIpc) is 3.05. The maximum Gasteiger partial charge on any atom is 0.137 e. The van der Waals surface area contributed by atoms with Gasteiger partial charge in [0.2, 0.25) is 0 Å². The van der Waals surface area contributed by atoms with Crippen molar-refractivity contribution in [1.29, 1.82) is 21.0 Å². The fourth-order valence-corrected chi connectivity index (χ4v) is 3.28. The van der Waals surface area contributed by atoms with Crippen LogP contribution in [0.1, 0.15) is 36.1 Å².